The quantitative estimate of drug-likeness (QED) is 0.522. The SMILES string of the molecule is COC(=O)c1sccc1NC(=O)c1ccc(Cl)cc1[N+](=O)[O-]. The number of anilines is 1. The lowest BCUT2D eigenvalue weighted by atomic mass is 10.1. The lowest BCUT2D eigenvalue weighted by Gasteiger charge is -2.06. The van der Waals surface area contributed by atoms with Crippen LogP contribution in [0.1, 0.15) is 20.0 Å². The van der Waals surface area contributed by atoms with E-state index >= 15 is 0 Å². The number of carbonyl (C=O) groups excluding carboxylic acids is 2. The minimum atomic E-state index is -0.716. The van der Waals surface area contributed by atoms with Crippen molar-refractivity contribution in [2.45, 2.75) is 0 Å². The Morgan fingerprint density at radius 1 is 1.36 bits per heavy atom. The van der Waals surface area contributed by atoms with Gasteiger partial charge in [0.25, 0.3) is 11.6 Å². The highest BCUT2D eigenvalue weighted by Crippen LogP contribution is 2.27. The van der Waals surface area contributed by atoms with E-state index in [4.69, 9.17) is 11.6 Å². The minimum absolute atomic E-state index is 0.147. The van der Waals surface area contributed by atoms with Gasteiger partial charge in [-0.2, -0.15) is 0 Å². The topological polar surface area (TPSA) is 98.5 Å². The van der Waals surface area contributed by atoms with Crippen LogP contribution in [0.25, 0.3) is 0 Å². The van der Waals surface area contributed by atoms with Gasteiger partial charge in [0.15, 0.2) is 0 Å². The molecule has 0 unspecified atom stereocenters. The second kappa shape index (κ2) is 6.54. The first-order valence-corrected chi connectivity index (χ1v) is 7.11. The van der Waals surface area contributed by atoms with E-state index in [0.717, 1.165) is 17.4 Å². The largest absolute Gasteiger partial charge is 0.465 e. The summed E-state index contributed by atoms with van der Waals surface area (Å²) in [6.07, 6.45) is 0. The summed E-state index contributed by atoms with van der Waals surface area (Å²) in [5.74, 6) is -1.32. The molecule has 2 rings (SSSR count). The van der Waals surface area contributed by atoms with Crippen molar-refractivity contribution < 1.29 is 19.2 Å². The van der Waals surface area contributed by atoms with Crippen LogP contribution in [-0.2, 0) is 4.74 Å². The molecule has 0 radical (unpaired) electrons. The number of nitrogens with zero attached hydrogens (tertiary/aromatic N) is 1. The van der Waals surface area contributed by atoms with Crippen molar-refractivity contribution >= 4 is 46.2 Å². The van der Waals surface area contributed by atoms with Gasteiger partial charge in [-0.3, -0.25) is 14.9 Å². The maximum Gasteiger partial charge on any atom is 0.350 e. The van der Waals surface area contributed by atoms with E-state index in [1.54, 1.807) is 5.38 Å². The molecule has 2 aromatic rings. The second-order valence-electron chi connectivity index (χ2n) is 4.03. The molecule has 0 saturated heterocycles. The summed E-state index contributed by atoms with van der Waals surface area (Å²) >= 11 is 6.79. The summed E-state index contributed by atoms with van der Waals surface area (Å²) in [6.45, 7) is 0. The van der Waals surface area contributed by atoms with Crippen molar-refractivity contribution in [3.8, 4) is 0 Å². The number of rotatable bonds is 4. The summed E-state index contributed by atoms with van der Waals surface area (Å²) in [4.78, 5) is 34.2. The lowest BCUT2D eigenvalue weighted by molar-refractivity contribution is -0.385. The van der Waals surface area contributed by atoms with Crippen LogP contribution in [0.2, 0.25) is 5.02 Å². The molecule has 1 heterocycles. The molecule has 1 aromatic carbocycles. The van der Waals surface area contributed by atoms with Gasteiger partial charge in [-0.1, -0.05) is 11.6 Å². The van der Waals surface area contributed by atoms with E-state index in [9.17, 15) is 19.7 Å². The standard InChI is InChI=1S/C13H9ClN2O5S/c1-21-13(18)11-9(4-5-22-11)15-12(17)8-3-2-7(14)6-10(8)16(19)20/h2-6H,1H3,(H,15,17). The molecule has 0 aliphatic carbocycles. The Hall–Kier alpha value is -2.45. The number of thiophene rings is 1. The number of methoxy groups -OCH3 is 1. The molecule has 114 valence electrons. The van der Waals surface area contributed by atoms with Crippen molar-refractivity contribution in [1.82, 2.24) is 0 Å². The van der Waals surface area contributed by atoms with Gasteiger partial charge in [0.1, 0.15) is 10.4 Å². The van der Waals surface area contributed by atoms with Crippen LogP contribution in [0.3, 0.4) is 0 Å². The Bertz CT molecular complexity index is 759. The first kappa shape index (κ1) is 15.9. The summed E-state index contributed by atoms with van der Waals surface area (Å²) in [7, 11) is 1.22. The van der Waals surface area contributed by atoms with Crippen LogP contribution >= 0.6 is 22.9 Å². The zero-order valence-corrected chi connectivity index (χ0v) is 12.7. The number of amides is 1. The normalized spacial score (nSPS) is 10.1. The molecule has 9 heteroatoms. The van der Waals surface area contributed by atoms with Crippen LogP contribution in [0.5, 0.6) is 0 Å². The zero-order valence-electron chi connectivity index (χ0n) is 11.2. The molecule has 0 saturated carbocycles. The van der Waals surface area contributed by atoms with E-state index in [1.807, 2.05) is 0 Å². The fourth-order valence-corrected chi connectivity index (χ4v) is 2.63. The smallest absolute Gasteiger partial charge is 0.350 e. The summed E-state index contributed by atoms with van der Waals surface area (Å²) in [6, 6.07) is 5.22. The Morgan fingerprint density at radius 2 is 2.09 bits per heavy atom. The monoisotopic (exact) mass is 340 g/mol. The molecule has 7 nitrogen and oxygen atoms in total. The molecular weight excluding hydrogens is 332 g/mol. The Kier molecular flexibility index (Phi) is 4.74. The number of nitrogens with one attached hydrogen (secondary N) is 1. The molecule has 0 spiro atoms. The molecule has 1 N–H and O–H groups in total. The Balaban J connectivity index is 2.33. The third kappa shape index (κ3) is 3.23. The van der Waals surface area contributed by atoms with Crippen LogP contribution < -0.4 is 5.32 Å². The van der Waals surface area contributed by atoms with Crippen molar-refractivity contribution in [3.63, 3.8) is 0 Å². The number of benzene rings is 1. The van der Waals surface area contributed by atoms with Gasteiger partial charge in [0, 0.05) is 11.1 Å². The number of carbonyl (C=O) groups is 2. The fourth-order valence-electron chi connectivity index (χ4n) is 1.70. The first-order chi connectivity index (χ1) is 10.4. The van der Waals surface area contributed by atoms with Gasteiger partial charge >= 0.3 is 5.97 Å². The number of hydrogen-bond donors (Lipinski definition) is 1. The van der Waals surface area contributed by atoms with Gasteiger partial charge in [-0.05, 0) is 23.6 Å². The molecular formula is C13H9ClN2O5S. The van der Waals surface area contributed by atoms with E-state index in [0.29, 0.717) is 0 Å². The Morgan fingerprint density at radius 3 is 2.73 bits per heavy atom. The minimum Gasteiger partial charge on any atom is -0.465 e. The summed E-state index contributed by atoms with van der Waals surface area (Å²) < 4.78 is 4.59. The number of hydrogen-bond acceptors (Lipinski definition) is 6. The third-order valence-corrected chi connectivity index (χ3v) is 3.81. The second-order valence-corrected chi connectivity index (χ2v) is 5.38. The number of ether oxygens (including phenoxy) is 1. The maximum absolute atomic E-state index is 12.2. The molecule has 0 fully saturated rings. The van der Waals surface area contributed by atoms with Gasteiger partial charge in [0.2, 0.25) is 0 Å². The van der Waals surface area contributed by atoms with E-state index in [1.165, 1.54) is 25.3 Å². The average molecular weight is 341 g/mol. The summed E-state index contributed by atoms with van der Waals surface area (Å²) in [5, 5.41) is 15.2. The van der Waals surface area contributed by atoms with Crippen molar-refractivity contribution in [1.29, 1.82) is 0 Å². The van der Waals surface area contributed by atoms with Gasteiger partial charge in [-0.15, -0.1) is 11.3 Å². The van der Waals surface area contributed by atoms with Gasteiger partial charge in [-0.25, -0.2) is 4.79 Å². The Labute approximate surface area is 133 Å². The predicted molar refractivity (Wildman–Crippen MR) is 81.7 cm³/mol. The van der Waals surface area contributed by atoms with Crippen LogP contribution in [-0.4, -0.2) is 23.9 Å². The highest BCUT2D eigenvalue weighted by Gasteiger charge is 2.23. The van der Waals surface area contributed by atoms with Crippen LogP contribution in [0.4, 0.5) is 11.4 Å². The van der Waals surface area contributed by atoms with Crippen LogP contribution in [0, 0.1) is 10.1 Å². The molecule has 0 bridgehead atoms. The molecule has 0 aliphatic heterocycles. The third-order valence-electron chi connectivity index (χ3n) is 2.69. The zero-order chi connectivity index (χ0) is 16.3. The first-order valence-electron chi connectivity index (χ1n) is 5.85. The van der Waals surface area contributed by atoms with E-state index in [2.05, 4.69) is 10.1 Å². The molecule has 0 aliphatic rings. The molecule has 22 heavy (non-hydrogen) atoms. The predicted octanol–water partition coefficient (Wildman–Crippen LogP) is 3.35. The van der Waals surface area contributed by atoms with E-state index < -0.39 is 22.5 Å². The molecule has 1 amide bonds. The number of nitro benzene ring substituents is 1. The number of nitro groups is 1. The molecule has 0 atom stereocenters. The van der Waals surface area contributed by atoms with Crippen molar-refractivity contribution in [2.75, 3.05) is 12.4 Å². The van der Waals surface area contributed by atoms with Crippen LogP contribution in [0.15, 0.2) is 29.6 Å². The average Bonchev–Trinajstić information content (AvgIpc) is 2.94. The highest BCUT2D eigenvalue weighted by atomic mass is 35.5. The van der Waals surface area contributed by atoms with Gasteiger partial charge < -0.3 is 10.1 Å². The highest BCUT2D eigenvalue weighted by molar-refractivity contribution is 7.12. The van der Waals surface area contributed by atoms with E-state index in [-0.39, 0.29) is 21.2 Å². The fraction of sp³-hybridized carbons (Fsp3) is 0.0769. The maximum atomic E-state index is 12.2. The lowest BCUT2D eigenvalue weighted by Crippen LogP contribution is -2.15. The summed E-state index contributed by atoms with van der Waals surface area (Å²) in [5.41, 5.74) is -0.345. The number of esters is 1. The number of halogens is 1. The molecule has 1 aromatic heterocycles. The van der Waals surface area contributed by atoms with Gasteiger partial charge in [0.05, 0.1) is 17.7 Å². The van der Waals surface area contributed by atoms with Crippen molar-refractivity contribution in [3.05, 3.63) is 55.2 Å². The van der Waals surface area contributed by atoms with Crippen molar-refractivity contribution in [2.24, 2.45) is 0 Å².